The van der Waals surface area contributed by atoms with Crippen molar-refractivity contribution < 1.29 is 0 Å². The lowest BCUT2D eigenvalue weighted by Crippen LogP contribution is -2.12. The summed E-state index contributed by atoms with van der Waals surface area (Å²) in [6.07, 6.45) is 10.3. The molecule has 0 bridgehead atoms. The molecular weight excluding hydrogens is 124 g/mol. The molecule has 0 fully saturated rings. The average Bonchev–Trinajstić information content (AvgIpc) is 1.97. The van der Waals surface area contributed by atoms with Gasteiger partial charge in [-0.3, -0.25) is 5.84 Å². The summed E-state index contributed by atoms with van der Waals surface area (Å²) in [4.78, 5) is 0. The first-order valence-electron chi connectivity index (χ1n) is 4.03. The van der Waals surface area contributed by atoms with Crippen molar-refractivity contribution in [3.8, 4) is 0 Å². The monoisotopic (exact) mass is 142 g/mol. The zero-order chi connectivity index (χ0) is 7.66. The fourth-order valence-electron chi connectivity index (χ4n) is 0.840. The van der Waals surface area contributed by atoms with E-state index in [0.29, 0.717) is 0 Å². The maximum Gasteiger partial charge on any atom is 0.00826 e. The van der Waals surface area contributed by atoms with Crippen LogP contribution in [0.5, 0.6) is 0 Å². The second-order valence-corrected chi connectivity index (χ2v) is 2.42. The maximum absolute atomic E-state index is 5.03. The Morgan fingerprint density at radius 2 is 2.10 bits per heavy atom. The molecule has 0 radical (unpaired) electrons. The molecule has 0 aromatic heterocycles. The molecule has 3 N–H and O–H groups in total. The molecule has 0 unspecified atom stereocenters. The summed E-state index contributed by atoms with van der Waals surface area (Å²) < 4.78 is 0. The van der Waals surface area contributed by atoms with E-state index in [-0.39, 0.29) is 0 Å². The van der Waals surface area contributed by atoms with Crippen molar-refractivity contribution in [2.45, 2.75) is 39.0 Å². The molecular formula is C8H18N2. The Hall–Kier alpha value is -0.500. The van der Waals surface area contributed by atoms with Crippen LogP contribution in [0.4, 0.5) is 0 Å². The van der Waals surface area contributed by atoms with Gasteiger partial charge in [0.1, 0.15) is 0 Å². The fourth-order valence-corrected chi connectivity index (χ4v) is 0.840. The van der Waals surface area contributed by atoms with Gasteiger partial charge in [-0.25, -0.2) is 0 Å². The van der Waals surface area contributed by atoms with E-state index in [2.05, 4.69) is 18.4 Å². The van der Waals surface area contributed by atoms with Crippen LogP contribution in [-0.2, 0) is 0 Å². The molecule has 0 aliphatic heterocycles. The molecule has 0 atom stereocenters. The molecule has 2 nitrogen and oxygen atoms in total. The zero-order valence-corrected chi connectivity index (χ0v) is 6.77. The number of nitrogens with one attached hydrogen (secondary N) is 1. The van der Waals surface area contributed by atoms with Crippen molar-refractivity contribution in [2.75, 3.05) is 0 Å². The molecule has 0 amide bonds. The first kappa shape index (κ1) is 9.50. The number of hydrogen-bond donors (Lipinski definition) is 2. The zero-order valence-electron chi connectivity index (χ0n) is 6.77. The lowest BCUT2D eigenvalue weighted by atomic mass is 10.1. The Labute approximate surface area is 63.5 Å². The summed E-state index contributed by atoms with van der Waals surface area (Å²) in [7, 11) is 0. The highest BCUT2D eigenvalue weighted by Crippen LogP contribution is 2.01. The second-order valence-electron chi connectivity index (χ2n) is 2.42. The van der Waals surface area contributed by atoms with Crippen molar-refractivity contribution >= 4 is 0 Å². The molecule has 0 spiro atoms. The summed E-state index contributed by atoms with van der Waals surface area (Å²) in [5, 5.41) is 0. The van der Waals surface area contributed by atoms with E-state index >= 15 is 0 Å². The van der Waals surface area contributed by atoms with Gasteiger partial charge in [-0.15, -0.1) is 0 Å². The van der Waals surface area contributed by atoms with E-state index in [1.807, 2.05) is 0 Å². The van der Waals surface area contributed by atoms with Crippen LogP contribution in [0.3, 0.4) is 0 Å². The molecule has 0 rings (SSSR count). The smallest absolute Gasteiger partial charge is 0.00826 e. The molecule has 0 aromatic carbocycles. The lowest BCUT2D eigenvalue weighted by Gasteiger charge is -1.93. The van der Waals surface area contributed by atoms with Gasteiger partial charge in [-0.05, 0) is 12.8 Å². The van der Waals surface area contributed by atoms with Crippen LogP contribution in [-0.4, -0.2) is 0 Å². The third-order valence-corrected chi connectivity index (χ3v) is 1.44. The van der Waals surface area contributed by atoms with E-state index < -0.39 is 0 Å². The van der Waals surface area contributed by atoms with Crippen LogP contribution in [0.2, 0.25) is 0 Å². The Bertz CT molecular complexity index is 79.3. The van der Waals surface area contributed by atoms with Crippen molar-refractivity contribution in [3.05, 3.63) is 12.3 Å². The fraction of sp³-hybridized carbons (Fsp3) is 0.750. The molecule has 2 heteroatoms. The summed E-state index contributed by atoms with van der Waals surface area (Å²) in [5.41, 5.74) is 2.48. The molecule has 0 aromatic rings. The largest absolute Gasteiger partial charge is 0.332 e. The van der Waals surface area contributed by atoms with Crippen molar-refractivity contribution in [3.63, 3.8) is 0 Å². The molecule has 0 saturated heterocycles. The van der Waals surface area contributed by atoms with Crippen LogP contribution in [0.1, 0.15) is 39.0 Å². The normalized spacial score (nSPS) is 10.6. The summed E-state index contributed by atoms with van der Waals surface area (Å²) in [6, 6.07) is 0. The minimum absolute atomic E-state index is 1.14. The van der Waals surface area contributed by atoms with Gasteiger partial charge in [-0.2, -0.15) is 0 Å². The summed E-state index contributed by atoms with van der Waals surface area (Å²) in [5.74, 6) is 5.03. The van der Waals surface area contributed by atoms with Gasteiger partial charge in [0.2, 0.25) is 0 Å². The average molecular weight is 142 g/mol. The number of hydrazine groups is 1. The van der Waals surface area contributed by atoms with E-state index in [4.69, 9.17) is 5.84 Å². The van der Waals surface area contributed by atoms with E-state index in [1.165, 1.54) is 25.7 Å². The minimum atomic E-state index is 1.14. The van der Waals surface area contributed by atoms with Crippen LogP contribution in [0.25, 0.3) is 0 Å². The van der Waals surface area contributed by atoms with E-state index in [0.717, 1.165) is 6.42 Å². The Morgan fingerprint density at radius 1 is 1.30 bits per heavy atom. The Balaban J connectivity index is 2.83. The SMILES string of the molecule is CCCCCCC=CNN. The van der Waals surface area contributed by atoms with Crippen LogP contribution in [0.15, 0.2) is 12.3 Å². The molecule has 0 saturated carbocycles. The summed E-state index contributed by atoms with van der Waals surface area (Å²) >= 11 is 0. The molecule has 0 aliphatic carbocycles. The van der Waals surface area contributed by atoms with Crippen LogP contribution >= 0.6 is 0 Å². The van der Waals surface area contributed by atoms with Gasteiger partial charge in [0.15, 0.2) is 0 Å². The quantitative estimate of drug-likeness (QED) is 0.338. The minimum Gasteiger partial charge on any atom is -0.332 e. The van der Waals surface area contributed by atoms with Crippen LogP contribution in [0, 0.1) is 0 Å². The van der Waals surface area contributed by atoms with Gasteiger partial charge in [-0.1, -0.05) is 32.3 Å². The predicted octanol–water partition coefficient (Wildman–Crippen LogP) is 1.93. The van der Waals surface area contributed by atoms with Crippen LogP contribution < -0.4 is 11.3 Å². The number of unbranched alkanes of at least 4 members (excludes halogenated alkanes) is 4. The highest BCUT2D eigenvalue weighted by molar-refractivity contribution is 4.76. The van der Waals surface area contributed by atoms with E-state index in [1.54, 1.807) is 6.20 Å². The number of hydrogen-bond acceptors (Lipinski definition) is 2. The third kappa shape index (κ3) is 7.50. The van der Waals surface area contributed by atoms with Crippen molar-refractivity contribution in [1.29, 1.82) is 0 Å². The van der Waals surface area contributed by atoms with E-state index in [9.17, 15) is 0 Å². The maximum atomic E-state index is 5.03. The highest BCUT2D eigenvalue weighted by atomic mass is 15.2. The summed E-state index contributed by atoms with van der Waals surface area (Å²) in [6.45, 7) is 2.22. The highest BCUT2D eigenvalue weighted by Gasteiger charge is 1.82. The van der Waals surface area contributed by atoms with Crippen molar-refractivity contribution in [1.82, 2.24) is 5.43 Å². The van der Waals surface area contributed by atoms with Crippen molar-refractivity contribution in [2.24, 2.45) is 5.84 Å². The number of rotatable bonds is 6. The Morgan fingerprint density at radius 3 is 2.70 bits per heavy atom. The Kier molecular flexibility index (Phi) is 8.07. The van der Waals surface area contributed by atoms with Gasteiger partial charge in [0.25, 0.3) is 0 Å². The lowest BCUT2D eigenvalue weighted by molar-refractivity contribution is 0.673. The third-order valence-electron chi connectivity index (χ3n) is 1.44. The van der Waals surface area contributed by atoms with Gasteiger partial charge in [0, 0.05) is 6.20 Å². The van der Waals surface area contributed by atoms with Gasteiger partial charge >= 0.3 is 0 Å². The van der Waals surface area contributed by atoms with Gasteiger partial charge < -0.3 is 5.43 Å². The predicted molar refractivity (Wildman–Crippen MR) is 45.2 cm³/mol. The first-order chi connectivity index (χ1) is 4.91. The number of nitrogens with two attached hydrogens (primary N) is 1. The molecule has 60 valence electrons. The topological polar surface area (TPSA) is 38.0 Å². The van der Waals surface area contributed by atoms with Gasteiger partial charge in [0.05, 0.1) is 0 Å². The molecule has 10 heavy (non-hydrogen) atoms. The first-order valence-corrected chi connectivity index (χ1v) is 4.03. The molecule has 0 heterocycles. The second kappa shape index (κ2) is 8.50. The number of allylic oxidation sites excluding steroid dienone is 1. The molecule has 0 aliphatic rings. The standard InChI is InChI=1S/C8H18N2/c1-2-3-4-5-6-7-8-10-9/h7-8,10H,2-6,9H2,1H3.